The van der Waals surface area contributed by atoms with Crippen molar-refractivity contribution in [3.63, 3.8) is 0 Å². The number of nitrogens with one attached hydrogen (secondary N) is 2. The molecule has 0 aliphatic rings. The maximum absolute atomic E-state index is 11.0. The monoisotopic (exact) mass is 352 g/mol. The molecule has 0 radical (unpaired) electrons. The number of carbonyl (C=O) groups is 1. The summed E-state index contributed by atoms with van der Waals surface area (Å²) in [6.07, 6.45) is 3.31. The first-order valence-corrected chi connectivity index (χ1v) is 8.13. The lowest BCUT2D eigenvalue weighted by Crippen LogP contribution is -1.99. The van der Waals surface area contributed by atoms with Crippen molar-refractivity contribution in [2.45, 2.75) is 9.92 Å². The molecule has 0 atom stereocenters. The number of benzene rings is 1. The van der Waals surface area contributed by atoms with Gasteiger partial charge in [0.1, 0.15) is 22.7 Å². The SMILES string of the molecule is O=C(O)c1cccc(Sc2cc(Nc3ncnn4cccc34)[nH]n2)c1. The van der Waals surface area contributed by atoms with Crippen molar-refractivity contribution in [3.8, 4) is 0 Å². The van der Waals surface area contributed by atoms with Gasteiger partial charge < -0.3 is 10.4 Å². The van der Waals surface area contributed by atoms with Crippen LogP contribution in [0.15, 0.2) is 64.9 Å². The van der Waals surface area contributed by atoms with Gasteiger partial charge in [-0.15, -0.1) is 0 Å². The Morgan fingerprint density at radius 2 is 2.16 bits per heavy atom. The number of hydrogen-bond acceptors (Lipinski definition) is 6. The van der Waals surface area contributed by atoms with E-state index in [1.54, 1.807) is 22.7 Å². The van der Waals surface area contributed by atoms with Crippen LogP contribution in [0.2, 0.25) is 0 Å². The fourth-order valence-electron chi connectivity index (χ4n) is 2.32. The van der Waals surface area contributed by atoms with Gasteiger partial charge in [0, 0.05) is 17.2 Å². The van der Waals surface area contributed by atoms with Gasteiger partial charge >= 0.3 is 5.97 Å². The Morgan fingerprint density at radius 3 is 3.04 bits per heavy atom. The molecule has 124 valence electrons. The van der Waals surface area contributed by atoms with Crippen LogP contribution in [0, 0.1) is 0 Å². The van der Waals surface area contributed by atoms with E-state index in [1.165, 1.54) is 18.1 Å². The zero-order chi connectivity index (χ0) is 17.2. The number of carboxylic acid groups (broad SMARTS) is 1. The van der Waals surface area contributed by atoms with Crippen LogP contribution >= 0.6 is 11.8 Å². The lowest BCUT2D eigenvalue weighted by molar-refractivity contribution is 0.0696. The summed E-state index contributed by atoms with van der Waals surface area (Å²) in [6.45, 7) is 0. The van der Waals surface area contributed by atoms with Gasteiger partial charge in [0.2, 0.25) is 0 Å². The molecule has 0 unspecified atom stereocenters. The van der Waals surface area contributed by atoms with E-state index in [1.807, 2.05) is 30.5 Å². The summed E-state index contributed by atoms with van der Waals surface area (Å²) in [4.78, 5) is 16.1. The van der Waals surface area contributed by atoms with Crippen LogP contribution < -0.4 is 5.32 Å². The Kier molecular flexibility index (Phi) is 3.82. The van der Waals surface area contributed by atoms with Crippen LogP contribution in [0.4, 0.5) is 11.6 Å². The molecule has 3 heterocycles. The summed E-state index contributed by atoms with van der Waals surface area (Å²) in [5, 5.41) is 24.2. The number of aromatic amines is 1. The highest BCUT2D eigenvalue weighted by molar-refractivity contribution is 7.99. The number of anilines is 2. The third kappa shape index (κ3) is 3.17. The van der Waals surface area contributed by atoms with Crippen molar-refractivity contribution in [3.05, 3.63) is 60.6 Å². The summed E-state index contributed by atoms with van der Waals surface area (Å²) in [7, 11) is 0. The van der Waals surface area contributed by atoms with Crippen molar-refractivity contribution in [2.24, 2.45) is 0 Å². The lowest BCUT2D eigenvalue weighted by atomic mass is 10.2. The fourth-order valence-corrected chi connectivity index (χ4v) is 3.16. The van der Waals surface area contributed by atoms with Crippen molar-refractivity contribution >= 4 is 34.9 Å². The molecule has 0 saturated heterocycles. The van der Waals surface area contributed by atoms with E-state index in [0.29, 0.717) is 16.7 Å². The zero-order valence-corrected chi connectivity index (χ0v) is 13.6. The van der Waals surface area contributed by atoms with Crippen molar-refractivity contribution in [1.82, 2.24) is 24.8 Å². The Balaban J connectivity index is 1.53. The minimum absolute atomic E-state index is 0.246. The highest BCUT2D eigenvalue weighted by Gasteiger charge is 2.09. The van der Waals surface area contributed by atoms with Crippen LogP contribution in [0.25, 0.3) is 5.52 Å². The fraction of sp³-hybridized carbons (Fsp3) is 0. The minimum atomic E-state index is -0.952. The smallest absolute Gasteiger partial charge is 0.335 e. The van der Waals surface area contributed by atoms with E-state index in [2.05, 4.69) is 25.6 Å². The maximum Gasteiger partial charge on any atom is 0.335 e. The quantitative estimate of drug-likeness (QED) is 0.506. The normalized spacial score (nSPS) is 10.9. The van der Waals surface area contributed by atoms with E-state index in [0.717, 1.165) is 10.4 Å². The van der Waals surface area contributed by atoms with E-state index in [-0.39, 0.29) is 5.56 Å². The largest absolute Gasteiger partial charge is 0.478 e. The van der Waals surface area contributed by atoms with Gasteiger partial charge in [-0.05, 0) is 30.3 Å². The van der Waals surface area contributed by atoms with Crippen LogP contribution in [0.3, 0.4) is 0 Å². The lowest BCUT2D eigenvalue weighted by Gasteiger charge is -2.03. The van der Waals surface area contributed by atoms with Crippen LogP contribution in [0.5, 0.6) is 0 Å². The van der Waals surface area contributed by atoms with E-state index < -0.39 is 5.97 Å². The molecule has 3 aromatic heterocycles. The molecule has 0 amide bonds. The van der Waals surface area contributed by atoms with E-state index in [4.69, 9.17) is 5.11 Å². The molecule has 8 nitrogen and oxygen atoms in total. The summed E-state index contributed by atoms with van der Waals surface area (Å²) >= 11 is 1.37. The predicted octanol–water partition coefficient (Wildman–Crippen LogP) is 3.05. The molecule has 3 N–H and O–H groups in total. The summed E-state index contributed by atoms with van der Waals surface area (Å²) in [6, 6.07) is 12.4. The number of hydrogen-bond donors (Lipinski definition) is 3. The maximum atomic E-state index is 11.0. The highest BCUT2D eigenvalue weighted by Crippen LogP contribution is 2.29. The topological polar surface area (TPSA) is 108 Å². The number of H-pyrrole nitrogens is 1. The van der Waals surface area contributed by atoms with Gasteiger partial charge in [-0.2, -0.15) is 10.2 Å². The molecular formula is C16H12N6O2S. The number of aromatic nitrogens is 5. The average molecular weight is 352 g/mol. The molecule has 0 saturated carbocycles. The first-order valence-electron chi connectivity index (χ1n) is 7.31. The van der Waals surface area contributed by atoms with Crippen molar-refractivity contribution < 1.29 is 9.90 Å². The Bertz CT molecular complexity index is 1060. The number of fused-ring (bicyclic) bond motifs is 1. The molecule has 0 aliphatic carbocycles. The van der Waals surface area contributed by atoms with Crippen LogP contribution in [-0.4, -0.2) is 35.9 Å². The molecule has 0 bridgehead atoms. The van der Waals surface area contributed by atoms with Gasteiger partial charge in [0.15, 0.2) is 5.82 Å². The number of carboxylic acids is 1. The third-order valence-electron chi connectivity index (χ3n) is 3.44. The van der Waals surface area contributed by atoms with Crippen molar-refractivity contribution in [2.75, 3.05) is 5.32 Å². The second-order valence-corrected chi connectivity index (χ2v) is 6.22. The van der Waals surface area contributed by atoms with Gasteiger partial charge in [0.25, 0.3) is 0 Å². The summed E-state index contributed by atoms with van der Waals surface area (Å²) in [5.74, 6) is 0.388. The Labute approximate surface area is 145 Å². The molecule has 4 rings (SSSR count). The first kappa shape index (κ1) is 15.2. The zero-order valence-electron chi connectivity index (χ0n) is 12.7. The first-order chi connectivity index (χ1) is 12.2. The molecule has 25 heavy (non-hydrogen) atoms. The van der Waals surface area contributed by atoms with Gasteiger partial charge in [-0.3, -0.25) is 5.10 Å². The number of nitrogens with zero attached hydrogens (tertiary/aromatic N) is 4. The second-order valence-electron chi connectivity index (χ2n) is 5.13. The molecule has 0 fully saturated rings. The summed E-state index contributed by atoms with van der Waals surface area (Å²) in [5.41, 5.74) is 1.09. The second kappa shape index (κ2) is 6.29. The molecule has 9 heteroatoms. The third-order valence-corrected chi connectivity index (χ3v) is 4.35. The molecular weight excluding hydrogens is 340 g/mol. The van der Waals surface area contributed by atoms with Crippen molar-refractivity contribution in [1.29, 1.82) is 0 Å². The Hall–Kier alpha value is -3.33. The highest BCUT2D eigenvalue weighted by atomic mass is 32.2. The molecule has 1 aromatic carbocycles. The summed E-state index contributed by atoms with van der Waals surface area (Å²) < 4.78 is 1.72. The number of rotatable bonds is 5. The van der Waals surface area contributed by atoms with Gasteiger partial charge in [0.05, 0.1) is 5.56 Å². The predicted molar refractivity (Wildman–Crippen MR) is 92.4 cm³/mol. The Morgan fingerprint density at radius 1 is 1.24 bits per heavy atom. The number of aromatic carboxylic acids is 1. The van der Waals surface area contributed by atoms with Gasteiger partial charge in [-0.1, -0.05) is 17.8 Å². The standard InChI is InChI=1S/C16H12N6O2S/c23-16(24)10-3-1-4-11(7-10)25-14-8-13(20-21-14)19-15-12-5-2-6-22(12)18-9-17-15/h1-9H,(H,23,24)(H2,17,18,19,20,21). The minimum Gasteiger partial charge on any atom is -0.478 e. The molecule has 0 spiro atoms. The van der Waals surface area contributed by atoms with Crippen LogP contribution in [-0.2, 0) is 0 Å². The average Bonchev–Trinajstić information content (AvgIpc) is 3.25. The molecule has 0 aliphatic heterocycles. The van der Waals surface area contributed by atoms with E-state index in [9.17, 15) is 4.79 Å². The van der Waals surface area contributed by atoms with Crippen LogP contribution in [0.1, 0.15) is 10.4 Å². The van der Waals surface area contributed by atoms with E-state index >= 15 is 0 Å². The molecule has 4 aromatic rings. The van der Waals surface area contributed by atoms with Gasteiger partial charge in [-0.25, -0.2) is 14.3 Å².